The summed E-state index contributed by atoms with van der Waals surface area (Å²) in [6, 6.07) is 6.36. The van der Waals surface area contributed by atoms with Gasteiger partial charge in [0.2, 0.25) is 5.91 Å². The van der Waals surface area contributed by atoms with Crippen LogP contribution in [0.2, 0.25) is 0 Å². The number of nitrogens with zero attached hydrogens (tertiary/aromatic N) is 2. The van der Waals surface area contributed by atoms with Crippen LogP contribution in [0.15, 0.2) is 24.3 Å². The van der Waals surface area contributed by atoms with Crippen LogP contribution < -0.4 is 10.9 Å². The molecule has 2 N–H and O–H groups in total. The Hall–Kier alpha value is -1.50. The molecule has 3 atom stereocenters. The Morgan fingerprint density at radius 3 is 2.88 bits per heavy atom. The van der Waals surface area contributed by atoms with Crippen molar-refractivity contribution in [3.63, 3.8) is 0 Å². The summed E-state index contributed by atoms with van der Waals surface area (Å²) in [4.78, 5) is 17.3. The third kappa shape index (κ3) is 3.61. The van der Waals surface area contributed by atoms with Crippen molar-refractivity contribution in [1.29, 1.82) is 0 Å². The molecule has 0 spiro atoms. The molecule has 1 aromatic carbocycles. The van der Waals surface area contributed by atoms with Crippen LogP contribution in [-0.2, 0) is 4.79 Å². The maximum absolute atomic E-state index is 14.1. The standard InChI is InChI=1S/C18H27FN4O/c1-3-23(12-13-8-9-22(2)11-13)18(24)15-10-20-21-17(15)14-6-4-5-7-16(14)19/h4-7,13,15,17,20-21H,3,8-12H2,1-2H3. The molecule has 1 aromatic rings. The number of likely N-dealkylation sites (tertiary alicyclic amines) is 1. The number of rotatable bonds is 5. The van der Waals surface area contributed by atoms with Crippen molar-refractivity contribution in [2.45, 2.75) is 19.4 Å². The SMILES string of the molecule is CCN(CC1CCN(C)C1)C(=O)C1CNNC1c1ccccc1F. The number of hydrogen-bond donors (Lipinski definition) is 2. The van der Waals surface area contributed by atoms with E-state index in [-0.39, 0.29) is 23.7 Å². The normalized spacial score (nSPS) is 27.5. The molecule has 24 heavy (non-hydrogen) atoms. The zero-order valence-corrected chi connectivity index (χ0v) is 14.5. The number of carbonyl (C=O) groups is 1. The van der Waals surface area contributed by atoms with E-state index < -0.39 is 0 Å². The molecule has 5 nitrogen and oxygen atoms in total. The van der Waals surface area contributed by atoms with Crippen LogP contribution in [0.5, 0.6) is 0 Å². The first-order chi connectivity index (χ1) is 11.6. The third-order valence-corrected chi connectivity index (χ3v) is 5.20. The average Bonchev–Trinajstić information content (AvgIpc) is 3.21. The first kappa shape index (κ1) is 17.3. The summed E-state index contributed by atoms with van der Waals surface area (Å²) in [7, 11) is 2.12. The Balaban J connectivity index is 1.71. The lowest BCUT2D eigenvalue weighted by Gasteiger charge is -2.29. The number of benzene rings is 1. The Bertz CT molecular complexity index is 582. The molecule has 6 heteroatoms. The minimum atomic E-state index is -0.320. The van der Waals surface area contributed by atoms with Gasteiger partial charge >= 0.3 is 0 Å². The third-order valence-electron chi connectivity index (χ3n) is 5.20. The largest absolute Gasteiger partial charge is 0.342 e. The van der Waals surface area contributed by atoms with Crippen molar-refractivity contribution in [3.05, 3.63) is 35.6 Å². The Labute approximate surface area is 143 Å². The summed E-state index contributed by atoms with van der Waals surface area (Å²) in [5.74, 6) is 0.101. The lowest BCUT2D eigenvalue weighted by atomic mass is 9.93. The minimum Gasteiger partial charge on any atom is -0.342 e. The molecular weight excluding hydrogens is 307 g/mol. The van der Waals surface area contributed by atoms with E-state index in [0.717, 1.165) is 26.1 Å². The maximum Gasteiger partial charge on any atom is 0.229 e. The summed E-state index contributed by atoms with van der Waals surface area (Å²) >= 11 is 0. The molecule has 2 aliphatic heterocycles. The predicted octanol–water partition coefficient (Wildman–Crippen LogP) is 1.39. The highest BCUT2D eigenvalue weighted by Gasteiger charge is 2.38. The van der Waals surface area contributed by atoms with Gasteiger partial charge in [-0.2, -0.15) is 0 Å². The molecule has 0 aromatic heterocycles. The molecule has 1 amide bonds. The van der Waals surface area contributed by atoms with Gasteiger partial charge in [0.05, 0.1) is 12.0 Å². The predicted molar refractivity (Wildman–Crippen MR) is 91.6 cm³/mol. The Morgan fingerprint density at radius 2 is 2.21 bits per heavy atom. The van der Waals surface area contributed by atoms with Gasteiger partial charge in [0.15, 0.2) is 0 Å². The van der Waals surface area contributed by atoms with Gasteiger partial charge in [-0.25, -0.2) is 9.82 Å². The topological polar surface area (TPSA) is 47.6 Å². The zero-order valence-electron chi connectivity index (χ0n) is 14.5. The second kappa shape index (κ2) is 7.59. The highest BCUT2D eigenvalue weighted by molar-refractivity contribution is 5.80. The molecule has 0 radical (unpaired) electrons. The molecule has 2 heterocycles. The molecule has 0 bridgehead atoms. The maximum atomic E-state index is 14.1. The first-order valence-corrected chi connectivity index (χ1v) is 8.80. The van der Waals surface area contributed by atoms with E-state index in [9.17, 15) is 9.18 Å². The van der Waals surface area contributed by atoms with Crippen LogP contribution in [0.25, 0.3) is 0 Å². The van der Waals surface area contributed by atoms with Gasteiger partial charge < -0.3 is 9.80 Å². The fourth-order valence-corrected chi connectivity index (χ4v) is 3.85. The van der Waals surface area contributed by atoms with Gasteiger partial charge in [-0.15, -0.1) is 0 Å². The highest BCUT2D eigenvalue weighted by atomic mass is 19.1. The Kier molecular flexibility index (Phi) is 5.48. The van der Waals surface area contributed by atoms with Gasteiger partial charge in [0.25, 0.3) is 0 Å². The fourth-order valence-electron chi connectivity index (χ4n) is 3.85. The number of amides is 1. The number of hydrogen-bond acceptors (Lipinski definition) is 4. The van der Waals surface area contributed by atoms with E-state index in [1.807, 2.05) is 17.9 Å². The summed E-state index contributed by atoms with van der Waals surface area (Å²) in [6.07, 6.45) is 1.14. The van der Waals surface area contributed by atoms with Gasteiger partial charge in [0, 0.05) is 31.7 Å². The van der Waals surface area contributed by atoms with Gasteiger partial charge in [-0.05, 0) is 38.9 Å². The number of carbonyl (C=O) groups excluding carboxylic acids is 1. The molecule has 2 aliphatic rings. The molecule has 3 rings (SSSR count). The van der Waals surface area contributed by atoms with Crippen molar-refractivity contribution in [2.24, 2.45) is 11.8 Å². The highest BCUT2D eigenvalue weighted by Crippen LogP contribution is 2.29. The van der Waals surface area contributed by atoms with Gasteiger partial charge in [0.1, 0.15) is 5.82 Å². The van der Waals surface area contributed by atoms with Crippen molar-refractivity contribution in [3.8, 4) is 0 Å². The first-order valence-electron chi connectivity index (χ1n) is 8.80. The molecule has 132 valence electrons. The summed E-state index contributed by atoms with van der Waals surface area (Å²) in [6.45, 7) is 6.17. The summed E-state index contributed by atoms with van der Waals surface area (Å²) in [5, 5.41) is 0. The van der Waals surface area contributed by atoms with Crippen LogP contribution in [0.3, 0.4) is 0 Å². The molecule has 0 saturated carbocycles. The van der Waals surface area contributed by atoms with E-state index in [2.05, 4.69) is 22.8 Å². The number of nitrogens with one attached hydrogen (secondary N) is 2. The average molecular weight is 334 g/mol. The second-order valence-corrected chi connectivity index (χ2v) is 6.92. The monoisotopic (exact) mass is 334 g/mol. The van der Waals surface area contributed by atoms with E-state index in [0.29, 0.717) is 24.6 Å². The number of hydrazine groups is 1. The van der Waals surface area contributed by atoms with Crippen LogP contribution in [0.1, 0.15) is 24.9 Å². The van der Waals surface area contributed by atoms with E-state index in [4.69, 9.17) is 0 Å². The van der Waals surface area contributed by atoms with Crippen LogP contribution in [0.4, 0.5) is 4.39 Å². The number of halogens is 1. The molecular formula is C18H27FN4O. The smallest absolute Gasteiger partial charge is 0.229 e. The lowest BCUT2D eigenvalue weighted by Crippen LogP contribution is -2.42. The quantitative estimate of drug-likeness (QED) is 0.854. The fraction of sp³-hybridized carbons (Fsp3) is 0.611. The molecule has 3 unspecified atom stereocenters. The molecule has 2 saturated heterocycles. The van der Waals surface area contributed by atoms with Gasteiger partial charge in [-0.1, -0.05) is 18.2 Å². The van der Waals surface area contributed by atoms with Crippen LogP contribution >= 0.6 is 0 Å². The zero-order chi connectivity index (χ0) is 17.1. The van der Waals surface area contributed by atoms with Crippen molar-refractivity contribution >= 4 is 5.91 Å². The van der Waals surface area contributed by atoms with E-state index in [1.54, 1.807) is 12.1 Å². The van der Waals surface area contributed by atoms with Gasteiger partial charge in [-0.3, -0.25) is 10.2 Å². The molecule has 2 fully saturated rings. The lowest BCUT2D eigenvalue weighted by molar-refractivity contribution is -0.135. The van der Waals surface area contributed by atoms with E-state index in [1.165, 1.54) is 6.07 Å². The van der Waals surface area contributed by atoms with Crippen LogP contribution in [0, 0.1) is 17.7 Å². The van der Waals surface area contributed by atoms with Crippen molar-refractivity contribution in [1.82, 2.24) is 20.7 Å². The molecule has 0 aliphatic carbocycles. The van der Waals surface area contributed by atoms with E-state index >= 15 is 0 Å². The van der Waals surface area contributed by atoms with Crippen molar-refractivity contribution < 1.29 is 9.18 Å². The second-order valence-electron chi connectivity index (χ2n) is 6.92. The van der Waals surface area contributed by atoms with Crippen molar-refractivity contribution in [2.75, 3.05) is 39.8 Å². The summed E-state index contributed by atoms with van der Waals surface area (Å²) < 4.78 is 14.1. The minimum absolute atomic E-state index is 0.109. The van der Waals surface area contributed by atoms with Crippen LogP contribution in [-0.4, -0.2) is 55.5 Å². The Morgan fingerprint density at radius 1 is 1.42 bits per heavy atom. The summed E-state index contributed by atoms with van der Waals surface area (Å²) in [5.41, 5.74) is 6.67.